The molecule has 1 aromatic carbocycles. The van der Waals surface area contributed by atoms with Crippen LogP contribution in [0.3, 0.4) is 0 Å². The Morgan fingerprint density at radius 1 is 1.27 bits per heavy atom. The van der Waals surface area contributed by atoms with Crippen molar-refractivity contribution in [1.82, 2.24) is 0 Å². The van der Waals surface area contributed by atoms with Gasteiger partial charge < -0.3 is 5.11 Å². The van der Waals surface area contributed by atoms with Crippen molar-refractivity contribution in [3.05, 3.63) is 41.0 Å². The fraction of sp³-hybridized carbons (Fsp3) is 0.333. The van der Waals surface area contributed by atoms with Crippen LogP contribution < -0.4 is 0 Å². The second-order valence-corrected chi connectivity index (χ2v) is 3.77. The van der Waals surface area contributed by atoms with Gasteiger partial charge in [0, 0.05) is 5.92 Å². The van der Waals surface area contributed by atoms with E-state index in [1.165, 1.54) is 0 Å². The monoisotopic (exact) mass is 210 g/mol. The first-order chi connectivity index (χ1) is 7.13. The third-order valence-electron chi connectivity index (χ3n) is 2.84. The SMILES string of the molecule is CCC1C=Cc2cc(F)c(F)cc2C1O. The Hall–Kier alpha value is -1.22. The summed E-state index contributed by atoms with van der Waals surface area (Å²) < 4.78 is 25.9. The van der Waals surface area contributed by atoms with Gasteiger partial charge in [0.1, 0.15) is 0 Å². The normalized spacial score (nSPS) is 24.0. The van der Waals surface area contributed by atoms with E-state index in [2.05, 4.69) is 0 Å². The van der Waals surface area contributed by atoms with Crippen molar-refractivity contribution in [3.8, 4) is 0 Å². The first-order valence-corrected chi connectivity index (χ1v) is 4.98. The maximum absolute atomic E-state index is 13.0. The van der Waals surface area contributed by atoms with Gasteiger partial charge in [0.15, 0.2) is 11.6 Å². The number of rotatable bonds is 1. The van der Waals surface area contributed by atoms with Crippen LogP contribution in [0.2, 0.25) is 0 Å². The molecule has 0 saturated heterocycles. The van der Waals surface area contributed by atoms with Crippen LogP contribution in [0.25, 0.3) is 6.08 Å². The molecule has 1 aliphatic carbocycles. The summed E-state index contributed by atoms with van der Waals surface area (Å²) in [6.07, 6.45) is 3.62. The number of aliphatic hydroxyl groups excluding tert-OH is 1. The summed E-state index contributed by atoms with van der Waals surface area (Å²) in [6, 6.07) is 2.21. The average molecular weight is 210 g/mol. The zero-order chi connectivity index (χ0) is 11.0. The molecule has 2 atom stereocenters. The third-order valence-corrected chi connectivity index (χ3v) is 2.84. The van der Waals surface area contributed by atoms with E-state index in [1.54, 1.807) is 6.08 Å². The molecule has 0 fully saturated rings. The highest BCUT2D eigenvalue weighted by Crippen LogP contribution is 2.34. The molecule has 1 aliphatic rings. The fourth-order valence-electron chi connectivity index (χ4n) is 1.90. The molecular weight excluding hydrogens is 198 g/mol. The molecular formula is C12H12F2O. The molecule has 0 saturated carbocycles. The number of aliphatic hydroxyl groups is 1. The van der Waals surface area contributed by atoms with Gasteiger partial charge >= 0.3 is 0 Å². The Labute approximate surface area is 87.1 Å². The number of hydrogen-bond donors (Lipinski definition) is 1. The Bertz CT molecular complexity index is 412. The first kappa shape index (κ1) is 10.3. The van der Waals surface area contributed by atoms with Crippen molar-refractivity contribution < 1.29 is 13.9 Å². The largest absolute Gasteiger partial charge is 0.388 e. The minimum Gasteiger partial charge on any atom is -0.388 e. The van der Waals surface area contributed by atoms with E-state index in [9.17, 15) is 13.9 Å². The van der Waals surface area contributed by atoms with Gasteiger partial charge in [0.2, 0.25) is 0 Å². The number of halogens is 2. The number of hydrogen-bond acceptors (Lipinski definition) is 1. The summed E-state index contributed by atoms with van der Waals surface area (Å²) >= 11 is 0. The maximum Gasteiger partial charge on any atom is 0.159 e. The molecule has 15 heavy (non-hydrogen) atoms. The van der Waals surface area contributed by atoms with E-state index in [1.807, 2.05) is 13.0 Å². The van der Waals surface area contributed by atoms with Gasteiger partial charge in [-0.1, -0.05) is 19.1 Å². The standard InChI is InChI=1S/C12H12F2O/c1-2-7-3-4-8-5-10(13)11(14)6-9(8)12(7)15/h3-7,12,15H,2H2,1H3. The van der Waals surface area contributed by atoms with Gasteiger partial charge in [-0.15, -0.1) is 0 Å². The number of benzene rings is 1. The Balaban J connectivity index is 2.50. The Kier molecular flexibility index (Phi) is 2.57. The van der Waals surface area contributed by atoms with Gasteiger partial charge in [-0.25, -0.2) is 8.78 Å². The van der Waals surface area contributed by atoms with Crippen LogP contribution in [0.1, 0.15) is 30.6 Å². The molecule has 0 aliphatic heterocycles. The van der Waals surface area contributed by atoms with Crippen LogP contribution >= 0.6 is 0 Å². The minimum absolute atomic E-state index is 0.0117. The molecule has 1 N–H and O–H groups in total. The van der Waals surface area contributed by atoms with Crippen LogP contribution in [-0.2, 0) is 0 Å². The van der Waals surface area contributed by atoms with Crippen molar-refractivity contribution in [2.24, 2.45) is 5.92 Å². The topological polar surface area (TPSA) is 20.2 Å². The van der Waals surface area contributed by atoms with Crippen LogP contribution in [0.5, 0.6) is 0 Å². The van der Waals surface area contributed by atoms with Crippen LogP contribution in [0.15, 0.2) is 18.2 Å². The second kappa shape index (κ2) is 3.74. The quantitative estimate of drug-likeness (QED) is 0.755. The van der Waals surface area contributed by atoms with E-state index < -0.39 is 17.7 Å². The summed E-state index contributed by atoms with van der Waals surface area (Å²) in [7, 11) is 0. The second-order valence-electron chi connectivity index (χ2n) is 3.77. The zero-order valence-corrected chi connectivity index (χ0v) is 8.37. The van der Waals surface area contributed by atoms with E-state index in [4.69, 9.17) is 0 Å². The summed E-state index contributed by atoms with van der Waals surface area (Å²) in [5, 5.41) is 9.90. The molecule has 3 heteroatoms. The van der Waals surface area contributed by atoms with Gasteiger partial charge in [-0.3, -0.25) is 0 Å². The Morgan fingerprint density at radius 2 is 1.93 bits per heavy atom. The highest BCUT2D eigenvalue weighted by Gasteiger charge is 2.24. The molecule has 2 rings (SSSR count). The maximum atomic E-state index is 13.0. The lowest BCUT2D eigenvalue weighted by atomic mass is 9.85. The van der Waals surface area contributed by atoms with Crippen molar-refractivity contribution in [2.45, 2.75) is 19.4 Å². The molecule has 0 amide bonds. The predicted octanol–water partition coefficient (Wildman–Crippen LogP) is 3.05. The van der Waals surface area contributed by atoms with Gasteiger partial charge in [-0.2, -0.15) is 0 Å². The van der Waals surface area contributed by atoms with Crippen LogP contribution in [0, 0.1) is 17.6 Å². The van der Waals surface area contributed by atoms with Crippen molar-refractivity contribution in [1.29, 1.82) is 0 Å². The van der Waals surface area contributed by atoms with E-state index >= 15 is 0 Å². The lowest BCUT2D eigenvalue weighted by Crippen LogP contribution is -2.14. The molecule has 0 heterocycles. The minimum atomic E-state index is -0.905. The van der Waals surface area contributed by atoms with Crippen LogP contribution in [-0.4, -0.2) is 5.11 Å². The summed E-state index contributed by atoms with van der Waals surface area (Å²) in [4.78, 5) is 0. The number of fused-ring (bicyclic) bond motifs is 1. The molecule has 1 nitrogen and oxygen atoms in total. The van der Waals surface area contributed by atoms with Gasteiger partial charge in [0.25, 0.3) is 0 Å². The van der Waals surface area contributed by atoms with E-state index in [0.717, 1.165) is 18.6 Å². The fourth-order valence-corrected chi connectivity index (χ4v) is 1.90. The molecule has 0 radical (unpaired) electrons. The zero-order valence-electron chi connectivity index (χ0n) is 8.37. The predicted molar refractivity (Wildman–Crippen MR) is 54.1 cm³/mol. The molecule has 0 bridgehead atoms. The lowest BCUT2D eigenvalue weighted by Gasteiger charge is -2.24. The molecule has 80 valence electrons. The van der Waals surface area contributed by atoms with E-state index in [0.29, 0.717) is 11.1 Å². The van der Waals surface area contributed by atoms with Gasteiger partial charge in [-0.05, 0) is 29.7 Å². The summed E-state index contributed by atoms with van der Waals surface area (Å²) in [5.41, 5.74) is 1.04. The van der Waals surface area contributed by atoms with Gasteiger partial charge in [0.05, 0.1) is 6.10 Å². The lowest BCUT2D eigenvalue weighted by molar-refractivity contribution is 0.127. The van der Waals surface area contributed by atoms with Crippen molar-refractivity contribution >= 4 is 6.08 Å². The smallest absolute Gasteiger partial charge is 0.159 e. The summed E-state index contributed by atoms with van der Waals surface area (Å²) in [5.74, 6) is -1.79. The highest BCUT2D eigenvalue weighted by molar-refractivity contribution is 5.58. The third kappa shape index (κ3) is 1.67. The summed E-state index contributed by atoms with van der Waals surface area (Å²) in [6.45, 7) is 1.95. The average Bonchev–Trinajstić information content (AvgIpc) is 2.22. The molecule has 0 spiro atoms. The first-order valence-electron chi connectivity index (χ1n) is 4.98. The Morgan fingerprint density at radius 3 is 2.60 bits per heavy atom. The molecule has 1 aromatic rings. The van der Waals surface area contributed by atoms with Crippen molar-refractivity contribution in [3.63, 3.8) is 0 Å². The van der Waals surface area contributed by atoms with Crippen molar-refractivity contribution in [2.75, 3.05) is 0 Å². The molecule has 2 unspecified atom stereocenters. The van der Waals surface area contributed by atoms with E-state index in [-0.39, 0.29) is 5.92 Å². The highest BCUT2D eigenvalue weighted by atomic mass is 19.2. The molecule has 0 aromatic heterocycles. The van der Waals surface area contributed by atoms with Crippen LogP contribution in [0.4, 0.5) is 8.78 Å².